The van der Waals surface area contributed by atoms with Crippen molar-refractivity contribution >= 4 is 5.69 Å². The second kappa shape index (κ2) is 4.21. The zero-order valence-electron chi connectivity index (χ0n) is 9.17. The first-order chi connectivity index (χ1) is 7.18. The third-order valence-electron chi connectivity index (χ3n) is 3.43. The van der Waals surface area contributed by atoms with Crippen LogP contribution in [0.3, 0.4) is 0 Å². The van der Waals surface area contributed by atoms with Gasteiger partial charge in [-0.15, -0.1) is 0 Å². The van der Waals surface area contributed by atoms with Gasteiger partial charge in [-0.25, -0.2) is 4.39 Å². The molecule has 0 heterocycles. The monoisotopic (exact) mass is 207 g/mol. The lowest BCUT2D eigenvalue weighted by Crippen LogP contribution is -2.13. The molecule has 1 nitrogen and oxygen atoms in total. The summed E-state index contributed by atoms with van der Waals surface area (Å²) in [5.74, 6) is 0.887. The molecule has 0 amide bonds. The van der Waals surface area contributed by atoms with Crippen LogP contribution in [0.2, 0.25) is 0 Å². The zero-order chi connectivity index (χ0) is 10.8. The Bertz CT molecular complexity index is 348. The number of anilines is 1. The van der Waals surface area contributed by atoms with Crippen molar-refractivity contribution in [3.05, 3.63) is 29.6 Å². The number of nitrogens with two attached hydrogens (primary N) is 1. The van der Waals surface area contributed by atoms with Crippen LogP contribution in [-0.2, 0) is 0 Å². The van der Waals surface area contributed by atoms with E-state index in [2.05, 4.69) is 6.92 Å². The largest absolute Gasteiger partial charge is 0.396 e. The average molecular weight is 207 g/mol. The van der Waals surface area contributed by atoms with Crippen LogP contribution in [0.25, 0.3) is 0 Å². The van der Waals surface area contributed by atoms with Gasteiger partial charge in [0.05, 0.1) is 5.69 Å². The van der Waals surface area contributed by atoms with Gasteiger partial charge >= 0.3 is 0 Å². The first-order valence-electron chi connectivity index (χ1n) is 5.72. The molecule has 0 radical (unpaired) electrons. The summed E-state index contributed by atoms with van der Waals surface area (Å²) in [5.41, 5.74) is 6.69. The summed E-state index contributed by atoms with van der Waals surface area (Å²) in [4.78, 5) is 0. The van der Waals surface area contributed by atoms with Gasteiger partial charge in [-0.3, -0.25) is 0 Å². The molecule has 1 aliphatic rings. The first-order valence-corrected chi connectivity index (χ1v) is 5.72. The van der Waals surface area contributed by atoms with Gasteiger partial charge in [-0.2, -0.15) is 0 Å². The molecule has 1 aromatic carbocycles. The van der Waals surface area contributed by atoms with E-state index >= 15 is 0 Å². The van der Waals surface area contributed by atoms with E-state index in [0.29, 0.717) is 11.8 Å². The summed E-state index contributed by atoms with van der Waals surface area (Å²) in [6.45, 7) is 2.25. The highest BCUT2D eigenvalue weighted by atomic mass is 19.1. The molecule has 2 rings (SSSR count). The Morgan fingerprint density at radius 2 is 2.13 bits per heavy atom. The maximum absolute atomic E-state index is 13.8. The van der Waals surface area contributed by atoms with Gasteiger partial charge in [-0.1, -0.05) is 31.9 Å². The van der Waals surface area contributed by atoms with E-state index in [0.717, 1.165) is 18.4 Å². The summed E-state index contributed by atoms with van der Waals surface area (Å²) >= 11 is 0. The topological polar surface area (TPSA) is 26.0 Å². The van der Waals surface area contributed by atoms with Gasteiger partial charge < -0.3 is 5.73 Å². The second-order valence-electron chi connectivity index (χ2n) is 4.72. The molecule has 1 aliphatic carbocycles. The Labute approximate surface area is 90.5 Å². The van der Waals surface area contributed by atoms with E-state index in [-0.39, 0.29) is 11.5 Å². The molecule has 0 aliphatic heterocycles. The van der Waals surface area contributed by atoms with Crippen molar-refractivity contribution in [2.45, 2.75) is 38.5 Å². The molecule has 2 atom stereocenters. The third-order valence-corrected chi connectivity index (χ3v) is 3.43. The molecular weight excluding hydrogens is 189 g/mol. The van der Waals surface area contributed by atoms with E-state index < -0.39 is 0 Å². The predicted octanol–water partition coefficient (Wildman–Crippen LogP) is 3.70. The van der Waals surface area contributed by atoms with Crippen LogP contribution in [0.1, 0.15) is 44.1 Å². The Hall–Kier alpha value is -1.05. The summed E-state index contributed by atoms with van der Waals surface area (Å²) in [5, 5.41) is 0. The maximum atomic E-state index is 13.8. The Kier molecular flexibility index (Phi) is 2.94. The van der Waals surface area contributed by atoms with Crippen LogP contribution in [0, 0.1) is 11.7 Å². The van der Waals surface area contributed by atoms with Gasteiger partial charge in [0.25, 0.3) is 0 Å². The fraction of sp³-hybridized carbons (Fsp3) is 0.538. The van der Waals surface area contributed by atoms with E-state index in [1.807, 2.05) is 12.1 Å². The summed E-state index contributed by atoms with van der Waals surface area (Å²) in [7, 11) is 0. The quantitative estimate of drug-likeness (QED) is 0.698. The van der Waals surface area contributed by atoms with Crippen LogP contribution >= 0.6 is 0 Å². The molecule has 15 heavy (non-hydrogen) atoms. The van der Waals surface area contributed by atoms with Crippen LogP contribution in [0.4, 0.5) is 10.1 Å². The highest BCUT2D eigenvalue weighted by Crippen LogP contribution is 2.37. The van der Waals surface area contributed by atoms with Crippen LogP contribution in [0.5, 0.6) is 0 Å². The van der Waals surface area contributed by atoms with Gasteiger partial charge in [0.15, 0.2) is 0 Å². The minimum atomic E-state index is -0.198. The van der Waals surface area contributed by atoms with E-state index in [4.69, 9.17) is 5.73 Å². The molecule has 1 saturated carbocycles. The highest BCUT2D eigenvalue weighted by molar-refractivity contribution is 5.44. The lowest BCUT2D eigenvalue weighted by atomic mass is 9.78. The van der Waals surface area contributed by atoms with Crippen molar-refractivity contribution in [3.8, 4) is 0 Å². The number of hydrogen-bond acceptors (Lipinski definition) is 1. The smallest absolute Gasteiger partial charge is 0.149 e. The molecule has 2 N–H and O–H groups in total. The lowest BCUT2D eigenvalue weighted by molar-refractivity contribution is 0.338. The Morgan fingerprint density at radius 1 is 1.33 bits per heavy atom. The fourth-order valence-corrected chi connectivity index (χ4v) is 2.60. The van der Waals surface area contributed by atoms with E-state index in [1.165, 1.54) is 12.8 Å². The van der Waals surface area contributed by atoms with Crippen molar-refractivity contribution in [2.75, 3.05) is 5.73 Å². The molecule has 0 bridgehead atoms. The zero-order valence-corrected chi connectivity index (χ0v) is 9.17. The minimum Gasteiger partial charge on any atom is -0.396 e. The molecule has 0 saturated heterocycles. The summed E-state index contributed by atoms with van der Waals surface area (Å²) in [6.07, 6.45) is 4.69. The predicted molar refractivity (Wildman–Crippen MR) is 61.2 cm³/mol. The van der Waals surface area contributed by atoms with Gasteiger partial charge in [-0.05, 0) is 36.3 Å². The molecule has 1 aromatic rings. The SMILES string of the molecule is C[C@H]1CCC[C@H](c2cccc(N)c2F)C1. The molecule has 0 aromatic heterocycles. The highest BCUT2D eigenvalue weighted by Gasteiger charge is 2.23. The molecule has 0 spiro atoms. The van der Waals surface area contributed by atoms with Crippen molar-refractivity contribution in [1.29, 1.82) is 0 Å². The Morgan fingerprint density at radius 3 is 2.87 bits per heavy atom. The molecular formula is C13H18FN. The summed E-state index contributed by atoms with van der Waals surface area (Å²) in [6, 6.07) is 5.37. The number of nitrogen functional groups attached to an aromatic ring is 1. The number of halogens is 1. The van der Waals surface area contributed by atoms with Gasteiger partial charge in [0.1, 0.15) is 5.82 Å². The molecule has 0 unspecified atom stereocenters. The number of hydrogen-bond donors (Lipinski definition) is 1. The molecule has 1 fully saturated rings. The van der Waals surface area contributed by atoms with Crippen molar-refractivity contribution in [2.24, 2.45) is 5.92 Å². The fourth-order valence-electron chi connectivity index (χ4n) is 2.60. The second-order valence-corrected chi connectivity index (χ2v) is 4.72. The minimum absolute atomic E-state index is 0.198. The maximum Gasteiger partial charge on any atom is 0.149 e. The van der Waals surface area contributed by atoms with Crippen LogP contribution < -0.4 is 5.73 Å². The number of benzene rings is 1. The molecule has 2 heteroatoms. The third kappa shape index (κ3) is 2.14. The first kappa shape index (κ1) is 10.5. The van der Waals surface area contributed by atoms with Crippen LogP contribution in [0.15, 0.2) is 18.2 Å². The lowest BCUT2D eigenvalue weighted by Gasteiger charge is -2.27. The number of rotatable bonds is 1. The molecule has 82 valence electrons. The van der Waals surface area contributed by atoms with E-state index in [9.17, 15) is 4.39 Å². The average Bonchev–Trinajstić information content (AvgIpc) is 2.22. The van der Waals surface area contributed by atoms with Gasteiger partial charge in [0.2, 0.25) is 0 Å². The van der Waals surface area contributed by atoms with E-state index in [1.54, 1.807) is 6.07 Å². The summed E-state index contributed by atoms with van der Waals surface area (Å²) < 4.78 is 13.8. The van der Waals surface area contributed by atoms with Crippen LogP contribution in [-0.4, -0.2) is 0 Å². The normalized spacial score (nSPS) is 26.5. The van der Waals surface area contributed by atoms with Crippen molar-refractivity contribution in [3.63, 3.8) is 0 Å². The van der Waals surface area contributed by atoms with Gasteiger partial charge in [0, 0.05) is 0 Å². The standard InChI is InChI=1S/C13H18FN/c1-9-4-2-5-10(8-9)11-6-3-7-12(15)13(11)14/h3,6-7,9-10H,2,4-5,8,15H2,1H3/t9-,10-/m0/s1. The van der Waals surface area contributed by atoms with Crippen molar-refractivity contribution < 1.29 is 4.39 Å². The van der Waals surface area contributed by atoms with Crippen molar-refractivity contribution in [1.82, 2.24) is 0 Å². The Balaban J connectivity index is 2.24.